The predicted octanol–water partition coefficient (Wildman–Crippen LogP) is 3.60. The summed E-state index contributed by atoms with van der Waals surface area (Å²) in [6.45, 7) is 9.34. The molecule has 1 saturated heterocycles. The summed E-state index contributed by atoms with van der Waals surface area (Å²) >= 11 is 0. The van der Waals surface area contributed by atoms with Crippen LogP contribution in [-0.2, 0) is 16.7 Å². The molecule has 7 nitrogen and oxygen atoms in total. The first-order valence-electron chi connectivity index (χ1n) is 10.7. The van der Waals surface area contributed by atoms with Crippen LogP contribution < -0.4 is 0 Å². The molecule has 7 heteroatoms. The number of aryl methyl sites for hydroxylation is 1. The number of carbonyl (C=O) groups is 1. The number of hydrogen-bond acceptors (Lipinski definition) is 5. The van der Waals surface area contributed by atoms with E-state index in [1.165, 1.54) is 0 Å². The molecule has 1 saturated carbocycles. The van der Waals surface area contributed by atoms with E-state index in [4.69, 9.17) is 9.26 Å². The molecule has 1 aliphatic carbocycles. The Balaban J connectivity index is 1.41. The van der Waals surface area contributed by atoms with Gasteiger partial charge in [0.05, 0.1) is 5.56 Å². The Labute approximate surface area is 172 Å². The summed E-state index contributed by atoms with van der Waals surface area (Å²) in [6.07, 6.45) is 4.97. The van der Waals surface area contributed by atoms with Gasteiger partial charge in [-0.3, -0.25) is 4.79 Å². The Morgan fingerprint density at radius 2 is 2.03 bits per heavy atom. The van der Waals surface area contributed by atoms with E-state index < -0.39 is 0 Å². The molecule has 0 atom stereocenters. The largest absolute Gasteiger partial charge is 0.385 e. The van der Waals surface area contributed by atoms with Crippen LogP contribution in [0.25, 0.3) is 0 Å². The van der Waals surface area contributed by atoms with Crippen molar-refractivity contribution < 1.29 is 14.1 Å². The molecule has 0 aromatic carbocycles. The van der Waals surface area contributed by atoms with Crippen molar-refractivity contribution in [1.82, 2.24) is 19.6 Å². The first kappa shape index (κ1) is 20.1. The molecule has 29 heavy (non-hydrogen) atoms. The van der Waals surface area contributed by atoms with Crippen LogP contribution in [0.5, 0.6) is 0 Å². The van der Waals surface area contributed by atoms with Crippen molar-refractivity contribution in [3.8, 4) is 0 Å². The van der Waals surface area contributed by atoms with Crippen molar-refractivity contribution in [3.63, 3.8) is 0 Å². The first-order chi connectivity index (χ1) is 13.9. The molecule has 2 aliphatic rings. The van der Waals surface area contributed by atoms with E-state index in [0.717, 1.165) is 87.0 Å². The maximum Gasteiger partial charge on any atom is 0.255 e. The molecule has 0 spiro atoms. The molecule has 1 aliphatic heterocycles. The standard InChI is InChI=1S/C22H32N4O3/c1-15-14-18(16(2)26(15)10-5-13-28-4)20(27)25-11-8-22(3,9-12-25)21-23-19(29-24-21)17-6-7-17/h14,17H,5-13H2,1-4H3. The number of hydrogen-bond donors (Lipinski definition) is 0. The number of nitrogens with zero attached hydrogens (tertiary/aromatic N) is 4. The van der Waals surface area contributed by atoms with Crippen LogP contribution in [0.1, 0.15) is 78.4 Å². The van der Waals surface area contributed by atoms with Gasteiger partial charge in [0.2, 0.25) is 5.89 Å². The zero-order chi connectivity index (χ0) is 20.6. The van der Waals surface area contributed by atoms with Gasteiger partial charge < -0.3 is 18.7 Å². The van der Waals surface area contributed by atoms with Crippen molar-refractivity contribution >= 4 is 5.91 Å². The molecule has 2 aromatic rings. The minimum absolute atomic E-state index is 0.121. The number of ether oxygens (including phenoxy) is 1. The van der Waals surface area contributed by atoms with Crippen LogP contribution in [-0.4, -0.2) is 52.3 Å². The fourth-order valence-electron chi connectivity index (χ4n) is 4.30. The lowest BCUT2D eigenvalue weighted by molar-refractivity contribution is 0.0669. The van der Waals surface area contributed by atoms with E-state index in [0.29, 0.717) is 5.92 Å². The van der Waals surface area contributed by atoms with Crippen LogP contribution in [0, 0.1) is 13.8 Å². The highest BCUT2D eigenvalue weighted by molar-refractivity contribution is 5.95. The summed E-state index contributed by atoms with van der Waals surface area (Å²) in [4.78, 5) is 19.8. The van der Waals surface area contributed by atoms with Gasteiger partial charge in [-0.1, -0.05) is 12.1 Å². The number of piperidine rings is 1. The molecule has 2 aromatic heterocycles. The average molecular weight is 401 g/mol. The smallest absolute Gasteiger partial charge is 0.255 e. The Kier molecular flexibility index (Phi) is 5.51. The second-order valence-electron chi connectivity index (χ2n) is 8.87. The number of methoxy groups -OCH3 is 1. The SMILES string of the molecule is COCCCn1c(C)cc(C(=O)N2CCC(C)(c3noc(C4CC4)n3)CC2)c1C. The van der Waals surface area contributed by atoms with Crippen LogP contribution in [0.3, 0.4) is 0 Å². The maximum absolute atomic E-state index is 13.2. The van der Waals surface area contributed by atoms with Gasteiger partial charge in [-0.2, -0.15) is 4.98 Å². The molecule has 158 valence electrons. The molecule has 0 bridgehead atoms. The second kappa shape index (κ2) is 7.94. The van der Waals surface area contributed by atoms with Gasteiger partial charge in [0, 0.05) is 56.1 Å². The third-order valence-corrected chi connectivity index (χ3v) is 6.60. The van der Waals surface area contributed by atoms with Crippen molar-refractivity contribution in [2.75, 3.05) is 26.8 Å². The monoisotopic (exact) mass is 400 g/mol. The number of likely N-dealkylation sites (tertiary alicyclic amines) is 1. The molecule has 0 radical (unpaired) electrons. The van der Waals surface area contributed by atoms with Crippen molar-refractivity contribution in [3.05, 3.63) is 34.7 Å². The van der Waals surface area contributed by atoms with Crippen LogP contribution >= 0.6 is 0 Å². The van der Waals surface area contributed by atoms with Gasteiger partial charge in [0.1, 0.15) is 0 Å². The number of aromatic nitrogens is 3. The van der Waals surface area contributed by atoms with E-state index in [1.54, 1.807) is 7.11 Å². The zero-order valence-electron chi connectivity index (χ0n) is 18.0. The van der Waals surface area contributed by atoms with Crippen LogP contribution in [0.15, 0.2) is 10.6 Å². The lowest BCUT2D eigenvalue weighted by Crippen LogP contribution is -2.44. The van der Waals surface area contributed by atoms with Gasteiger partial charge >= 0.3 is 0 Å². The van der Waals surface area contributed by atoms with Gasteiger partial charge in [-0.15, -0.1) is 0 Å². The van der Waals surface area contributed by atoms with Gasteiger partial charge in [-0.05, 0) is 52.0 Å². The topological polar surface area (TPSA) is 73.4 Å². The van der Waals surface area contributed by atoms with Crippen LogP contribution in [0.2, 0.25) is 0 Å². The normalized spacial score (nSPS) is 19.0. The molecule has 3 heterocycles. The Morgan fingerprint density at radius 1 is 1.31 bits per heavy atom. The maximum atomic E-state index is 13.2. The van der Waals surface area contributed by atoms with E-state index in [1.807, 2.05) is 17.9 Å². The molecule has 0 N–H and O–H groups in total. The molecule has 1 amide bonds. The summed E-state index contributed by atoms with van der Waals surface area (Å²) < 4.78 is 12.9. The van der Waals surface area contributed by atoms with Crippen molar-refractivity contribution in [2.45, 2.75) is 70.8 Å². The Bertz CT molecular complexity index is 873. The average Bonchev–Trinajstić information content (AvgIpc) is 3.37. The van der Waals surface area contributed by atoms with Crippen molar-refractivity contribution in [2.24, 2.45) is 0 Å². The van der Waals surface area contributed by atoms with Gasteiger partial charge in [0.15, 0.2) is 5.82 Å². The molecule has 4 rings (SSSR count). The van der Waals surface area contributed by atoms with Gasteiger partial charge in [-0.25, -0.2) is 0 Å². The molecule has 0 unspecified atom stereocenters. The number of amides is 1. The predicted molar refractivity (Wildman–Crippen MR) is 109 cm³/mol. The third kappa shape index (κ3) is 3.97. The minimum atomic E-state index is -0.121. The molecular formula is C22H32N4O3. The number of carbonyl (C=O) groups excluding carboxylic acids is 1. The quantitative estimate of drug-likeness (QED) is 0.664. The van der Waals surface area contributed by atoms with Gasteiger partial charge in [0.25, 0.3) is 5.91 Å². The minimum Gasteiger partial charge on any atom is -0.385 e. The third-order valence-electron chi connectivity index (χ3n) is 6.60. The Morgan fingerprint density at radius 3 is 2.69 bits per heavy atom. The summed E-state index contributed by atoms with van der Waals surface area (Å²) in [5.41, 5.74) is 2.87. The van der Waals surface area contributed by atoms with E-state index in [9.17, 15) is 4.79 Å². The molecular weight excluding hydrogens is 368 g/mol. The Hall–Kier alpha value is -2.15. The van der Waals surface area contributed by atoms with E-state index in [2.05, 4.69) is 28.6 Å². The molecule has 2 fully saturated rings. The summed E-state index contributed by atoms with van der Waals surface area (Å²) in [5.74, 6) is 2.20. The second-order valence-corrected chi connectivity index (χ2v) is 8.87. The number of rotatable bonds is 7. The first-order valence-corrected chi connectivity index (χ1v) is 10.7. The van der Waals surface area contributed by atoms with E-state index >= 15 is 0 Å². The summed E-state index contributed by atoms with van der Waals surface area (Å²) in [6, 6.07) is 2.03. The lowest BCUT2D eigenvalue weighted by Gasteiger charge is -2.37. The highest BCUT2D eigenvalue weighted by atomic mass is 16.5. The van der Waals surface area contributed by atoms with Crippen LogP contribution in [0.4, 0.5) is 0 Å². The highest BCUT2D eigenvalue weighted by Crippen LogP contribution is 2.41. The fourth-order valence-corrected chi connectivity index (χ4v) is 4.30. The fraction of sp³-hybridized carbons (Fsp3) is 0.682. The summed E-state index contributed by atoms with van der Waals surface area (Å²) in [7, 11) is 1.72. The van der Waals surface area contributed by atoms with Crippen molar-refractivity contribution in [1.29, 1.82) is 0 Å². The highest BCUT2D eigenvalue weighted by Gasteiger charge is 2.39. The lowest BCUT2D eigenvalue weighted by atomic mass is 9.79. The zero-order valence-corrected chi connectivity index (χ0v) is 18.0. The summed E-state index contributed by atoms with van der Waals surface area (Å²) in [5, 5.41) is 4.26. The van der Waals surface area contributed by atoms with E-state index in [-0.39, 0.29) is 11.3 Å².